The summed E-state index contributed by atoms with van der Waals surface area (Å²) in [6.07, 6.45) is 1.98. The number of benzene rings is 2. The van der Waals surface area contributed by atoms with Gasteiger partial charge in [0, 0.05) is 26.4 Å². The van der Waals surface area contributed by atoms with Gasteiger partial charge in [-0.3, -0.25) is 4.99 Å². The van der Waals surface area contributed by atoms with Gasteiger partial charge in [-0.2, -0.15) is 0 Å². The molecule has 0 fully saturated rings. The van der Waals surface area contributed by atoms with Crippen LogP contribution in [0, 0.1) is 5.92 Å². The van der Waals surface area contributed by atoms with Crippen molar-refractivity contribution in [2.75, 3.05) is 26.5 Å². The summed E-state index contributed by atoms with van der Waals surface area (Å²) in [5.41, 5.74) is 2.18. The third kappa shape index (κ3) is 8.15. The van der Waals surface area contributed by atoms with Gasteiger partial charge in [0.2, 0.25) is 0 Å². The number of ether oxygens (including phenoxy) is 1. The molecule has 0 atom stereocenters. The Morgan fingerprint density at radius 3 is 2.41 bits per heavy atom. The van der Waals surface area contributed by atoms with Crippen LogP contribution in [0.4, 0.5) is 0 Å². The van der Waals surface area contributed by atoms with Crippen molar-refractivity contribution in [3.8, 4) is 5.75 Å². The number of aliphatic imine (C=N–C) groups is 1. The highest BCUT2D eigenvalue weighted by atomic mass is 32.2. The first kappa shape index (κ1) is 22.7. The van der Waals surface area contributed by atoms with Crippen molar-refractivity contribution in [3.63, 3.8) is 0 Å². The minimum absolute atomic E-state index is 0.339. The summed E-state index contributed by atoms with van der Waals surface area (Å²) < 4.78 is 28.8. The predicted octanol–water partition coefficient (Wildman–Crippen LogP) is 3.03. The average molecular weight is 418 g/mol. The maximum absolute atomic E-state index is 11.5. The lowest BCUT2D eigenvalue weighted by Gasteiger charge is -2.13. The fourth-order valence-electron chi connectivity index (χ4n) is 2.64. The van der Waals surface area contributed by atoms with Gasteiger partial charge in [-0.1, -0.05) is 38.1 Å². The summed E-state index contributed by atoms with van der Waals surface area (Å²) in [4.78, 5) is 4.59. The lowest BCUT2D eigenvalue weighted by Crippen LogP contribution is -2.37. The first-order valence-electron chi connectivity index (χ1n) is 9.73. The fraction of sp³-hybridized carbons (Fsp3) is 0.409. The van der Waals surface area contributed by atoms with E-state index < -0.39 is 9.84 Å². The number of hydrogen-bond donors (Lipinski definition) is 2. The van der Waals surface area contributed by atoms with Crippen LogP contribution in [0.15, 0.2) is 58.4 Å². The van der Waals surface area contributed by atoms with Crippen LogP contribution in [-0.4, -0.2) is 40.8 Å². The van der Waals surface area contributed by atoms with Crippen molar-refractivity contribution in [1.82, 2.24) is 10.6 Å². The van der Waals surface area contributed by atoms with Crippen LogP contribution in [0.25, 0.3) is 0 Å². The molecule has 7 heteroatoms. The highest BCUT2D eigenvalue weighted by Crippen LogP contribution is 2.14. The predicted molar refractivity (Wildman–Crippen MR) is 118 cm³/mol. The van der Waals surface area contributed by atoms with E-state index in [1.807, 2.05) is 36.4 Å². The van der Waals surface area contributed by atoms with Crippen LogP contribution in [0.2, 0.25) is 0 Å². The molecule has 0 heterocycles. The molecule has 0 spiro atoms. The maximum atomic E-state index is 11.5. The minimum atomic E-state index is -3.16. The largest absolute Gasteiger partial charge is 0.493 e. The molecule has 2 rings (SSSR count). The Morgan fingerprint density at radius 1 is 1.07 bits per heavy atom. The number of nitrogens with zero attached hydrogens (tertiary/aromatic N) is 1. The molecule has 0 aromatic heterocycles. The molecular weight excluding hydrogens is 386 g/mol. The van der Waals surface area contributed by atoms with Gasteiger partial charge >= 0.3 is 0 Å². The van der Waals surface area contributed by atoms with Crippen LogP contribution in [0.5, 0.6) is 5.75 Å². The van der Waals surface area contributed by atoms with E-state index in [1.54, 1.807) is 19.2 Å². The van der Waals surface area contributed by atoms with E-state index in [4.69, 9.17) is 4.74 Å². The number of nitrogens with one attached hydrogen (secondary N) is 2. The van der Waals surface area contributed by atoms with Crippen LogP contribution in [-0.2, 0) is 22.8 Å². The van der Waals surface area contributed by atoms with Crippen LogP contribution < -0.4 is 15.4 Å². The lowest BCUT2D eigenvalue weighted by molar-refractivity contribution is 0.271. The summed E-state index contributed by atoms with van der Waals surface area (Å²) in [5, 5.41) is 6.57. The highest BCUT2D eigenvalue weighted by molar-refractivity contribution is 7.90. The number of guanidine groups is 1. The molecule has 29 heavy (non-hydrogen) atoms. The Kier molecular flexibility index (Phi) is 8.51. The van der Waals surface area contributed by atoms with E-state index in [0.29, 0.717) is 36.5 Å². The van der Waals surface area contributed by atoms with Crippen LogP contribution in [0.1, 0.15) is 25.0 Å². The normalized spacial score (nSPS) is 12.1. The molecule has 2 aromatic carbocycles. The molecule has 158 valence electrons. The first-order chi connectivity index (χ1) is 13.8. The van der Waals surface area contributed by atoms with E-state index in [2.05, 4.69) is 29.5 Å². The topological polar surface area (TPSA) is 79.8 Å². The van der Waals surface area contributed by atoms with Crippen molar-refractivity contribution in [2.24, 2.45) is 10.9 Å². The van der Waals surface area contributed by atoms with Crippen molar-refractivity contribution >= 4 is 15.8 Å². The van der Waals surface area contributed by atoms with Gasteiger partial charge in [0.15, 0.2) is 15.8 Å². The Bertz CT molecular complexity index is 907. The summed E-state index contributed by atoms with van der Waals surface area (Å²) in [6, 6.07) is 15.0. The molecule has 0 aliphatic carbocycles. The standard InChI is InChI=1S/C22H31N3O3S/c1-17(2)16-28-20-7-5-6-19(14-20)15-25-22(23-3)24-13-12-18-8-10-21(11-9-18)29(4,26)27/h5-11,14,17H,12-13,15-16H2,1-4H3,(H2,23,24,25). The Morgan fingerprint density at radius 2 is 1.79 bits per heavy atom. The minimum Gasteiger partial charge on any atom is -0.493 e. The smallest absolute Gasteiger partial charge is 0.191 e. The SMILES string of the molecule is CN=C(NCCc1ccc(S(C)(=O)=O)cc1)NCc1cccc(OCC(C)C)c1. The Hall–Kier alpha value is -2.54. The van der Waals surface area contributed by atoms with Crippen LogP contribution >= 0.6 is 0 Å². The molecule has 0 saturated heterocycles. The monoisotopic (exact) mass is 417 g/mol. The second-order valence-corrected chi connectivity index (χ2v) is 9.39. The van der Waals surface area contributed by atoms with Gasteiger partial charge < -0.3 is 15.4 Å². The fourth-order valence-corrected chi connectivity index (χ4v) is 3.27. The van der Waals surface area contributed by atoms with E-state index in [9.17, 15) is 8.42 Å². The number of sulfone groups is 1. The van der Waals surface area contributed by atoms with Gasteiger partial charge in [0.25, 0.3) is 0 Å². The number of hydrogen-bond acceptors (Lipinski definition) is 4. The van der Waals surface area contributed by atoms with Crippen molar-refractivity contribution < 1.29 is 13.2 Å². The van der Waals surface area contributed by atoms with Crippen LogP contribution in [0.3, 0.4) is 0 Å². The molecule has 0 radical (unpaired) electrons. The molecular formula is C22H31N3O3S. The summed E-state index contributed by atoms with van der Waals surface area (Å²) in [5.74, 6) is 2.08. The molecule has 0 bridgehead atoms. The zero-order valence-electron chi connectivity index (χ0n) is 17.6. The zero-order chi connectivity index (χ0) is 21.3. The van der Waals surface area contributed by atoms with Crippen molar-refractivity contribution in [2.45, 2.75) is 31.7 Å². The maximum Gasteiger partial charge on any atom is 0.191 e. The molecule has 0 aliphatic heterocycles. The second-order valence-electron chi connectivity index (χ2n) is 7.37. The molecule has 2 N–H and O–H groups in total. The van der Waals surface area contributed by atoms with E-state index in [0.717, 1.165) is 23.3 Å². The molecule has 6 nitrogen and oxygen atoms in total. The quantitative estimate of drug-likeness (QED) is 0.484. The van der Waals surface area contributed by atoms with Gasteiger partial charge in [-0.05, 0) is 47.7 Å². The molecule has 0 saturated carbocycles. The van der Waals surface area contributed by atoms with E-state index in [1.165, 1.54) is 6.26 Å². The van der Waals surface area contributed by atoms with Crippen molar-refractivity contribution in [3.05, 3.63) is 59.7 Å². The van der Waals surface area contributed by atoms with E-state index in [-0.39, 0.29) is 0 Å². The lowest BCUT2D eigenvalue weighted by atomic mass is 10.1. The zero-order valence-corrected chi connectivity index (χ0v) is 18.4. The molecule has 2 aromatic rings. The Labute approximate surface area is 174 Å². The van der Waals surface area contributed by atoms with E-state index >= 15 is 0 Å². The third-order valence-corrected chi connectivity index (χ3v) is 5.35. The highest BCUT2D eigenvalue weighted by Gasteiger charge is 2.06. The van der Waals surface area contributed by atoms with Gasteiger partial charge in [0.05, 0.1) is 11.5 Å². The molecule has 0 unspecified atom stereocenters. The van der Waals surface area contributed by atoms with Gasteiger partial charge in [-0.15, -0.1) is 0 Å². The van der Waals surface area contributed by atoms with Gasteiger partial charge in [0.1, 0.15) is 5.75 Å². The Balaban J connectivity index is 1.80. The summed E-state index contributed by atoms with van der Waals surface area (Å²) in [7, 11) is -1.42. The molecule has 0 amide bonds. The van der Waals surface area contributed by atoms with Crippen molar-refractivity contribution in [1.29, 1.82) is 0 Å². The van der Waals surface area contributed by atoms with Gasteiger partial charge in [-0.25, -0.2) is 8.42 Å². The second kappa shape index (κ2) is 10.9. The average Bonchev–Trinajstić information content (AvgIpc) is 2.69. The molecule has 0 aliphatic rings. The summed E-state index contributed by atoms with van der Waals surface area (Å²) in [6.45, 7) is 6.28. The first-order valence-corrected chi connectivity index (χ1v) is 11.6. The third-order valence-electron chi connectivity index (χ3n) is 4.22. The summed E-state index contributed by atoms with van der Waals surface area (Å²) >= 11 is 0. The number of rotatable bonds is 9.